The van der Waals surface area contributed by atoms with E-state index in [0.717, 1.165) is 6.54 Å². The van der Waals surface area contributed by atoms with E-state index in [2.05, 4.69) is 10.3 Å². The molecular weight excluding hydrogens is 106 g/mol. The fourth-order valence-corrected chi connectivity index (χ4v) is 0.553. The molecule has 1 heterocycles. The van der Waals surface area contributed by atoms with Crippen molar-refractivity contribution in [3.8, 4) is 0 Å². The van der Waals surface area contributed by atoms with Crippen molar-refractivity contribution in [2.45, 2.75) is 6.35 Å². The van der Waals surface area contributed by atoms with Crippen molar-refractivity contribution in [2.75, 3.05) is 13.2 Å². The molecule has 0 aliphatic carbocycles. The molecule has 4 heteroatoms. The van der Waals surface area contributed by atoms with E-state index in [4.69, 9.17) is 10.1 Å². The lowest BCUT2D eigenvalue weighted by atomic mass is 10.7. The normalized spacial score (nSPS) is 27.2. The summed E-state index contributed by atoms with van der Waals surface area (Å²) in [6.45, 7) is 1.49. The third-order valence-electron chi connectivity index (χ3n) is 0.879. The largest absolute Gasteiger partial charge is 0.342 e. The smallest absolute Gasteiger partial charge is 0.214 e. The zero-order valence-electron chi connectivity index (χ0n) is 4.35. The van der Waals surface area contributed by atoms with E-state index in [1.807, 2.05) is 6.01 Å². The van der Waals surface area contributed by atoms with Gasteiger partial charge in [-0.05, 0) is 0 Å². The van der Waals surface area contributed by atoms with Gasteiger partial charge in [-0.25, -0.2) is 5.41 Å². The Bertz CT molecular complexity index is 112. The van der Waals surface area contributed by atoms with Crippen molar-refractivity contribution in [1.82, 2.24) is 5.32 Å². The zero-order valence-corrected chi connectivity index (χ0v) is 4.35. The van der Waals surface area contributed by atoms with Gasteiger partial charge < -0.3 is 4.74 Å². The standard InChI is InChI=1S/C4H7N3O/c5-3-7-4-6-1-2-8-4/h4-6H,1-2H2. The Morgan fingerprint density at radius 3 is 3.25 bits per heavy atom. The molecule has 1 aliphatic heterocycles. The summed E-state index contributed by atoms with van der Waals surface area (Å²) in [6.07, 6.45) is -0.313. The molecule has 0 amide bonds. The van der Waals surface area contributed by atoms with Gasteiger partial charge in [-0.15, -0.1) is 0 Å². The Labute approximate surface area is 47.1 Å². The summed E-state index contributed by atoms with van der Waals surface area (Å²) < 4.78 is 4.93. The lowest BCUT2D eigenvalue weighted by Gasteiger charge is -1.96. The number of nitrogens with one attached hydrogen (secondary N) is 2. The van der Waals surface area contributed by atoms with Crippen molar-refractivity contribution < 1.29 is 4.74 Å². The van der Waals surface area contributed by atoms with Gasteiger partial charge in [0.15, 0.2) is 0 Å². The van der Waals surface area contributed by atoms with E-state index >= 15 is 0 Å². The molecule has 0 spiro atoms. The summed E-state index contributed by atoms with van der Waals surface area (Å²) >= 11 is 0. The second-order valence-electron chi connectivity index (χ2n) is 1.42. The number of hydrogen-bond donors (Lipinski definition) is 2. The Kier molecular flexibility index (Phi) is 1.75. The first kappa shape index (κ1) is 5.44. The lowest BCUT2D eigenvalue weighted by Crippen LogP contribution is -2.19. The number of hydrogen-bond acceptors (Lipinski definition) is 4. The maximum absolute atomic E-state index is 6.43. The molecular formula is C4H7N3O. The first-order valence-electron chi connectivity index (χ1n) is 2.40. The molecule has 1 rings (SSSR count). The van der Waals surface area contributed by atoms with Crippen LogP contribution in [0.4, 0.5) is 0 Å². The van der Waals surface area contributed by atoms with Crippen LogP contribution in [0.5, 0.6) is 0 Å². The lowest BCUT2D eigenvalue weighted by molar-refractivity contribution is 0.109. The predicted octanol–water partition coefficient (Wildman–Crippen LogP) is -0.358. The van der Waals surface area contributed by atoms with Gasteiger partial charge in [0, 0.05) is 6.54 Å². The minimum Gasteiger partial charge on any atom is -0.342 e. The highest BCUT2D eigenvalue weighted by Crippen LogP contribution is 1.93. The van der Waals surface area contributed by atoms with Gasteiger partial charge in [-0.2, -0.15) is 4.99 Å². The van der Waals surface area contributed by atoms with Crippen molar-refractivity contribution in [3.05, 3.63) is 0 Å². The van der Waals surface area contributed by atoms with Crippen molar-refractivity contribution >= 4 is 6.01 Å². The maximum atomic E-state index is 6.43. The average molecular weight is 113 g/mol. The Hall–Kier alpha value is -0.700. The van der Waals surface area contributed by atoms with Gasteiger partial charge in [-0.1, -0.05) is 0 Å². The monoisotopic (exact) mass is 113 g/mol. The van der Waals surface area contributed by atoms with E-state index in [1.54, 1.807) is 0 Å². The number of ether oxygens (including phenoxy) is 1. The summed E-state index contributed by atoms with van der Waals surface area (Å²) in [5, 5.41) is 9.32. The molecule has 1 atom stereocenters. The summed E-state index contributed by atoms with van der Waals surface area (Å²) in [7, 11) is 0. The van der Waals surface area contributed by atoms with Crippen LogP contribution in [-0.4, -0.2) is 25.5 Å². The van der Waals surface area contributed by atoms with Crippen LogP contribution in [-0.2, 0) is 4.74 Å². The zero-order chi connectivity index (χ0) is 5.82. The van der Waals surface area contributed by atoms with E-state index in [0.29, 0.717) is 6.61 Å². The molecule has 0 aromatic carbocycles. The van der Waals surface area contributed by atoms with Crippen LogP contribution in [0, 0.1) is 5.41 Å². The van der Waals surface area contributed by atoms with Crippen LogP contribution in [0.3, 0.4) is 0 Å². The number of nitrogens with zero attached hydrogens (tertiary/aromatic N) is 1. The minimum atomic E-state index is -0.313. The first-order valence-corrected chi connectivity index (χ1v) is 2.40. The SMILES string of the molecule is N=C=NC1NCCO1. The highest BCUT2D eigenvalue weighted by Gasteiger charge is 2.10. The molecule has 0 radical (unpaired) electrons. The van der Waals surface area contributed by atoms with E-state index in [-0.39, 0.29) is 6.35 Å². The van der Waals surface area contributed by atoms with Crippen molar-refractivity contribution in [1.29, 1.82) is 5.41 Å². The molecule has 0 aromatic rings. The molecule has 44 valence electrons. The van der Waals surface area contributed by atoms with E-state index < -0.39 is 0 Å². The summed E-state index contributed by atoms with van der Waals surface area (Å²) in [4.78, 5) is 3.51. The molecule has 1 saturated heterocycles. The highest BCUT2D eigenvalue weighted by molar-refractivity contribution is 5.35. The molecule has 1 aliphatic rings. The average Bonchev–Trinajstić information content (AvgIpc) is 2.19. The second-order valence-corrected chi connectivity index (χ2v) is 1.42. The molecule has 1 fully saturated rings. The second kappa shape index (κ2) is 2.57. The molecule has 0 bridgehead atoms. The van der Waals surface area contributed by atoms with Gasteiger partial charge in [0.1, 0.15) is 0 Å². The quantitative estimate of drug-likeness (QED) is 0.456. The Morgan fingerprint density at radius 2 is 2.75 bits per heavy atom. The third-order valence-corrected chi connectivity index (χ3v) is 0.879. The number of rotatable bonds is 1. The van der Waals surface area contributed by atoms with Crippen LogP contribution in [0.25, 0.3) is 0 Å². The summed E-state index contributed by atoms with van der Waals surface area (Å²) in [5.41, 5.74) is 0. The maximum Gasteiger partial charge on any atom is 0.214 e. The molecule has 2 N–H and O–H groups in total. The van der Waals surface area contributed by atoms with Crippen LogP contribution in [0.1, 0.15) is 0 Å². The fourth-order valence-electron chi connectivity index (χ4n) is 0.553. The first-order chi connectivity index (χ1) is 3.93. The van der Waals surface area contributed by atoms with Crippen LogP contribution in [0.2, 0.25) is 0 Å². The molecule has 4 nitrogen and oxygen atoms in total. The van der Waals surface area contributed by atoms with Gasteiger partial charge in [0.05, 0.1) is 12.6 Å². The molecule has 1 unspecified atom stereocenters. The number of aliphatic imine (C=N–C) groups is 1. The van der Waals surface area contributed by atoms with E-state index in [9.17, 15) is 0 Å². The van der Waals surface area contributed by atoms with Gasteiger partial charge in [-0.3, -0.25) is 5.32 Å². The predicted molar refractivity (Wildman–Crippen MR) is 27.9 cm³/mol. The minimum absolute atomic E-state index is 0.313. The van der Waals surface area contributed by atoms with Gasteiger partial charge in [0.2, 0.25) is 6.35 Å². The Balaban J connectivity index is 2.35. The fraction of sp³-hybridized carbons (Fsp3) is 0.750. The van der Waals surface area contributed by atoms with Crippen molar-refractivity contribution in [2.24, 2.45) is 4.99 Å². The van der Waals surface area contributed by atoms with Gasteiger partial charge >= 0.3 is 0 Å². The molecule has 8 heavy (non-hydrogen) atoms. The third kappa shape index (κ3) is 1.13. The van der Waals surface area contributed by atoms with Crippen molar-refractivity contribution in [3.63, 3.8) is 0 Å². The highest BCUT2D eigenvalue weighted by atomic mass is 16.5. The van der Waals surface area contributed by atoms with Gasteiger partial charge in [0.25, 0.3) is 0 Å². The topological polar surface area (TPSA) is 57.5 Å². The summed E-state index contributed by atoms with van der Waals surface area (Å²) in [6, 6.07) is 1.90. The summed E-state index contributed by atoms with van der Waals surface area (Å²) in [5.74, 6) is 0. The molecule has 0 saturated carbocycles. The molecule has 0 aromatic heterocycles. The Morgan fingerprint density at radius 1 is 1.88 bits per heavy atom. The van der Waals surface area contributed by atoms with E-state index in [1.165, 1.54) is 0 Å². The van der Waals surface area contributed by atoms with Crippen LogP contribution >= 0.6 is 0 Å². The van der Waals surface area contributed by atoms with Crippen LogP contribution in [0.15, 0.2) is 4.99 Å². The van der Waals surface area contributed by atoms with Crippen LogP contribution < -0.4 is 5.32 Å².